The quantitative estimate of drug-likeness (QED) is 0.870. The van der Waals surface area contributed by atoms with Crippen molar-refractivity contribution in [2.75, 3.05) is 5.32 Å². The van der Waals surface area contributed by atoms with Gasteiger partial charge < -0.3 is 5.32 Å². The summed E-state index contributed by atoms with van der Waals surface area (Å²) in [4.78, 5) is 8.55. The zero-order valence-electron chi connectivity index (χ0n) is 10.2. The van der Waals surface area contributed by atoms with Crippen molar-refractivity contribution in [2.45, 2.75) is 26.3 Å². The second-order valence-electron chi connectivity index (χ2n) is 4.01. The van der Waals surface area contributed by atoms with Crippen LogP contribution >= 0.6 is 0 Å². The van der Waals surface area contributed by atoms with Crippen molar-refractivity contribution < 1.29 is 0 Å². The number of aryl methyl sites for hydroxylation is 1. The Morgan fingerprint density at radius 1 is 1.12 bits per heavy atom. The van der Waals surface area contributed by atoms with E-state index in [1.54, 1.807) is 12.4 Å². The summed E-state index contributed by atoms with van der Waals surface area (Å²) in [6.45, 7) is 4.13. The van der Waals surface area contributed by atoms with E-state index < -0.39 is 0 Å². The Labute approximate surface area is 102 Å². The average molecular weight is 227 g/mol. The molecule has 0 aliphatic heterocycles. The largest absolute Gasteiger partial charge is 0.362 e. The van der Waals surface area contributed by atoms with E-state index in [1.807, 2.05) is 13.0 Å². The van der Waals surface area contributed by atoms with Crippen LogP contribution in [0, 0.1) is 6.92 Å². The minimum atomic E-state index is 0.284. The van der Waals surface area contributed by atoms with Crippen LogP contribution < -0.4 is 5.32 Å². The van der Waals surface area contributed by atoms with Crippen molar-refractivity contribution >= 4 is 5.82 Å². The second-order valence-corrected chi connectivity index (χ2v) is 4.01. The monoisotopic (exact) mass is 227 g/mol. The molecule has 0 aliphatic carbocycles. The van der Waals surface area contributed by atoms with E-state index in [0.29, 0.717) is 0 Å². The van der Waals surface area contributed by atoms with Gasteiger partial charge in [0.25, 0.3) is 0 Å². The van der Waals surface area contributed by atoms with Crippen LogP contribution in [0.15, 0.2) is 42.7 Å². The first-order valence-corrected chi connectivity index (χ1v) is 5.90. The zero-order chi connectivity index (χ0) is 12.1. The fourth-order valence-corrected chi connectivity index (χ4v) is 1.82. The number of hydrogen-bond acceptors (Lipinski definition) is 3. The Balaban J connectivity index is 2.19. The van der Waals surface area contributed by atoms with Gasteiger partial charge in [0.2, 0.25) is 0 Å². The van der Waals surface area contributed by atoms with Gasteiger partial charge in [-0.15, -0.1) is 0 Å². The third-order valence-corrected chi connectivity index (χ3v) is 2.80. The fraction of sp³-hybridized carbons (Fsp3) is 0.286. The molecule has 17 heavy (non-hydrogen) atoms. The maximum atomic E-state index is 4.32. The molecule has 88 valence electrons. The van der Waals surface area contributed by atoms with Crippen LogP contribution in [0.1, 0.15) is 30.6 Å². The molecule has 0 radical (unpaired) electrons. The number of hydrogen-bond donors (Lipinski definition) is 1. The van der Waals surface area contributed by atoms with Crippen LogP contribution in [0.5, 0.6) is 0 Å². The molecule has 2 rings (SSSR count). The summed E-state index contributed by atoms with van der Waals surface area (Å²) in [7, 11) is 0. The molecule has 1 aromatic heterocycles. The lowest BCUT2D eigenvalue weighted by Gasteiger charge is -2.18. The van der Waals surface area contributed by atoms with Gasteiger partial charge >= 0.3 is 0 Å². The predicted molar refractivity (Wildman–Crippen MR) is 69.9 cm³/mol. The lowest BCUT2D eigenvalue weighted by atomic mass is 10.0. The van der Waals surface area contributed by atoms with Gasteiger partial charge in [0.05, 0.1) is 11.7 Å². The van der Waals surface area contributed by atoms with Gasteiger partial charge in [0.1, 0.15) is 5.82 Å². The minimum Gasteiger partial charge on any atom is -0.362 e. The predicted octanol–water partition coefficient (Wildman–Crippen LogP) is 3.35. The molecule has 0 amide bonds. The van der Waals surface area contributed by atoms with E-state index in [1.165, 1.54) is 5.56 Å². The van der Waals surface area contributed by atoms with E-state index in [9.17, 15) is 0 Å². The molecule has 1 unspecified atom stereocenters. The number of anilines is 1. The minimum absolute atomic E-state index is 0.284. The standard InChI is InChI=1S/C14H17N3/c1-3-13(12-7-5-4-6-8-12)17-14-11(2)15-9-10-16-14/h4-10,13H,3H2,1-2H3,(H,16,17). The van der Waals surface area contributed by atoms with Crippen LogP contribution in [0.3, 0.4) is 0 Å². The summed E-state index contributed by atoms with van der Waals surface area (Å²) >= 11 is 0. The topological polar surface area (TPSA) is 37.8 Å². The normalized spacial score (nSPS) is 12.1. The van der Waals surface area contributed by atoms with Crippen molar-refractivity contribution in [1.29, 1.82) is 0 Å². The van der Waals surface area contributed by atoms with Gasteiger partial charge in [-0.2, -0.15) is 0 Å². The molecule has 0 bridgehead atoms. The van der Waals surface area contributed by atoms with E-state index in [4.69, 9.17) is 0 Å². The first kappa shape index (κ1) is 11.6. The van der Waals surface area contributed by atoms with Gasteiger partial charge in [0, 0.05) is 12.4 Å². The Morgan fingerprint density at radius 2 is 1.82 bits per heavy atom. The highest BCUT2D eigenvalue weighted by Gasteiger charge is 2.10. The van der Waals surface area contributed by atoms with Crippen LogP contribution in [0.25, 0.3) is 0 Å². The maximum Gasteiger partial charge on any atom is 0.147 e. The van der Waals surface area contributed by atoms with Gasteiger partial charge in [-0.1, -0.05) is 37.3 Å². The molecule has 1 aromatic carbocycles. The highest BCUT2D eigenvalue weighted by Crippen LogP contribution is 2.21. The highest BCUT2D eigenvalue weighted by molar-refractivity contribution is 5.41. The third-order valence-electron chi connectivity index (χ3n) is 2.80. The van der Waals surface area contributed by atoms with Gasteiger partial charge in [-0.05, 0) is 18.9 Å². The molecule has 0 spiro atoms. The third kappa shape index (κ3) is 2.81. The van der Waals surface area contributed by atoms with Gasteiger partial charge in [-0.3, -0.25) is 4.98 Å². The molecule has 1 atom stereocenters. The molecule has 0 fully saturated rings. The van der Waals surface area contributed by atoms with Crippen LogP contribution in [-0.2, 0) is 0 Å². The number of benzene rings is 1. The Morgan fingerprint density at radius 3 is 2.47 bits per heavy atom. The van der Waals surface area contributed by atoms with E-state index in [0.717, 1.165) is 17.9 Å². The molecular weight excluding hydrogens is 210 g/mol. The number of nitrogens with one attached hydrogen (secondary N) is 1. The molecule has 1 heterocycles. The number of aromatic nitrogens is 2. The Kier molecular flexibility index (Phi) is 3.70. The smallest absolute Gasteiger partial charge is 0.147 e. The molecule has 0 saturated heterocycles. The van der Waals surface area contributed by atoms with Gasteiger partial charge in [-0.25, -0.2) is 4.98 Å². The van der Waals surface area contributed by atoms with Crippen molar-refractivity contribution in [3.8, 4) is 0 Å². The van der Waals surface area contributed by atoms with Crippen molar-refractivity contribution in [2.24, 2.45) is 0 Å². The summed E-state index contributed by atoms with van der Waals surface area (Å²) < 4.78 is 0. The molecule has 1 N–H and O–H groups in total. The van der Waals surface area contributed by atoms with E-state index in [2.05, 4.69) is 46.5 Å². The summed E-state index contributed by atoms with van der Waals surface area (Å²) in [5.41, 5.74) is 2.21. The van der Waals surface area contributed by atoms with Crippen LogP contribution in [-0.4, -0.2) is 9.97 Å². The van der Waals surface area contributed by atoms with Gasteiger partial charge in [0.15, 0.2) is 0 Å². The number of nitrogens with zero attached hydrogens (tertiary/aromatic N) is 2. The number of rotatable bonds is 4. The van der Waals surface area contributed by atoms with Crippen molar-refractivity contribution in [1.82, 2.24) is 9.97 Å². The second kappa shape index (κ2) is 5.43. The summed E-state index contributed by atoms with van der Waals surface area (Å²) in [6, 6.07) is 10.7. The summed E-state index contributed by atoms with van der Waals surface area (Å²) in [5, 5.41) is 3.44. The lowest BCUT2D eigenvalue weighted by molar-refractivity contribution is 0.741. The molecule has 0 saturated carbocycles. The lowest BCUT2D eigenvalue weighted by Crippen LogP contribution is -2.12. The maximum absolute atomic E-state index is 4.32. The van der Waals surface area contributed by atoms with E-state index >= 15 is 0 Å². The Hall–Kier alpha value is -1.90. The highest BCUT2D eigenvalue weighted by atomic mass is 15.0. The van der Waals surface area contributed by atoms with Crippen LogP contribution in [0.4, 0.5) is 5.82 Å². The molecule has 2 aromatic rings. The summed E-state index contributed by atoms with van der Waals surface area (Å²) in [6.07, 6.45) is 4.44. The Bertz CT molecular complexity index is 468. The zero-order valence-corrected chi connectivity index (χ0v) is 10.2. The molecule has 3 heteroatoms. The molecule has 3 nitrogen and oxygen atoms in total. The van der Waals surface area contributed by atoms with Crippen LogP contribution in [0.2, 0.25) is 0 Å². The average Bonchev–Trinajstić information content (AvgIpc) is 2.39. The van der Waals surface area contributed by atoms with Crippen molar-refractivity contribution in [3.05, 3.63) is 54.0 Å². The fourth-order valence-electron chi connectivity index (χ4n) is 1.82. The molecule has 0 aliphatic rings. The first-order valence-electron chi connectivity index (χ1n) is 5.90. The van der Waals surface area contributed by atoms with E-state index in [-0.39, 0.29) is 6.04 Å². The molecular formula is C14H17N3. The first-order chi connectivity index (χ1) is 8.31. The SMILES string of the molecule is CCC(Nc1nccnc1C)c1ccccc1. The summed E-state index contributed by atoms with van der Waals surface area (Å²) in [5.74, 6) is 0.864. The van der Waals surface area contributed by atoms with Crippen molar-refractivity contribution in [3.63, 3.8) is 0 Å².